The first-order chi connectivity index (χ1) is 4.36. The van der Waals surface area contributed by atoms with Gasteiger partial charge in [0, 0.05) is 0 Å². The molecular weight excluding hydrogens is 170 g/mol. The maximum atomic E-state index is 5.31. The molecule has 0 aliphatic rings. The number of rotatable bonds is 2. The van der Waals surface area contributed by atoms with Crippen LogP contribution in [0, 0.1) is 0 Å². The van der Waals surface area contributed by atoms with Crippen molar-refractivity contribution in [3.05, 3.63) is 17.9 Å². The molecule has 0 aliphatic carbocycles. The maximum absolute atomic E-state index is 5.31. The Morgan fingerprint density at radius 2 is 2.30 bits per heavy atom. The SMILES string of the molecule is CSc1ccc(CN)o1.Cl. The number of furan rings is 1. The Kier molecular flexibility index (Phi) is 4.60. The number of hydrogen-bond acceptors (Lipinski definition) is 3. The molecule has 1 heterocycles. The second kappa shape index (κ2) is 4.66. The first kappa shape index (κ1) is 9.88. The van der Waals surface area contributed by atoms with Gasteiger partial charge in [-0.25, -0.2) is 0 Å². The number of hydrogen-bond donors (Lipinski definition) is 1. The molecule has 0 amide bonds. The van der Waals surface area contributed by atoms with Crippen LogP contribution in [0.5, 0.6) is 0 Å². The van der Waals surface area contributed by atoms with Crippen LogP contribution >= 0.6 is 24.2 Å². The average molecular weight is 180 g/mol. The average Bonchev–Trinajstić information content (AvgIpc) is 2.34. The smallest absolute Gasteiger partial charge is 0.160 e. The van der Waals surface area contributed by atoms with E-state index in [1.54, 1.807) is 11.8 Å². The Balaban J connectivity index is 0.000000810. The number of thioether (sulfide) groups is 1. The molecule has 1 aromatic heterocycles. The van der Waals surface area contributed by atoms with Crippen molar-refractivity contribution in [2.75, 3.05) is 6.26 Å². The lowest BCUT2D eigenvalue weighted by molar-refractivity contribution is 0.433. The van der Waals surface area contributed by atoms with Gasteiger partial charge in [-0.15, -0.1) is 12.4 Å². The molecule has 0 bridgehead atoms. The van der Waals surface area contributed by atoms with Crippen LogP contribution in [0.15, 0.2) is 21.6 Å². The molecule has 0 saturated carbocycles. The Labute approximate surface area is 70.6 Å². The van der Waals surface area contributed by atoms with Crippen LogP contribution in [0.25, 0.3) is 0 Å². The Morgan fingerprint density at radius 3 is 2.60 bits per heavy atom. The van der Waals surface area contributed by atoms with Gasteiger partial charge in [0.05, 0.1) is 6.54 Å². The second-order valence-corrected chi connectivity index (χ2v) is 2.44. The van der Waals surface area contributed by atoms with E-state index in [2.05, 4.69) is 0 Å². The molecule has 0 aliphatic heterocycles. The summed E-state index contributed by atoms with van der Waals surface area (Å²) >= 11 is 1.58. The summed E-state index contributed by atoms with van der Waals surface area (Å²) in [5, 5.41) is 0.926. The van der Waals surface area contributed by atoms with E-state index in [9.17, 15) is 0 Å². The Morgan fingerprint density at radius 1 is 1.60 bits per heavy atom. The van der Waals surface area contributed by atoms with Gasteiger partial charge in [-0.05, 0) is 18.4 Å². The van der Waals surface area contributed by atoms with Crippen molar-refractivity contribution in [3.8, 4) is 0 Å². The van der Waals surface area contributed by atoms with Crippen molar-refractivity contribution >= 4 is 24.2 Å². The van der Waals surface area contributed by atoms with Gasteiger partial charge in [0.1, 0.15) is 5.76 Å². The monoisotopic (exact) mass is 179 g/mol. The molecule has 1 aromatic rings. The van der Waals surface area contributed by atoms with Crippen molar-refractivity contribution in [2.24, 2.45) is 5.73 Å². The highest BCUT2D eigenvalue weighted by molar-refractivity contribution is 7.98. The van der Waals surface area contributed by atoms with Crippen molar-refractivity contribution in [1.82, 2.24) is 0 Å². The van der Waals surface area contributed by atoms with E-state index < -0.39 is 0 Å². The molecule has 0 radical (unpaired) electrons. The summed E-state index contributed by atoms with van der Waals surface area (Å²) in [6, 6.07) is 3.82. The maximum Gasteiger partial charge on any atom is 0.160 e. The summed E-state index contributed by atoms with van der Waals surface area (Å²) < 4.78 is 5.22. The quantitative estimate of drug-likeness (QED) is 0.705. The molecule has 58 valence electrons. The molecule has 0 fully saturated rings. The first-order valence-corrected chi connectivity index (χ1v) is 3.92. The van der Waals surface area contributed by atoms with Crippen molar-refractivity contribution < 1.29 is 4.42 Å². The van der Waals surface area contributed by atoms with E-state index in [0.717, 1.165) is 10.9 Å². The zero-order chi connectivity index (χ0) is 6.69. The van der Waals surface area contributed by atoms with Crippen LogP contribution in [0.3, 0.4) is 0 Å². The second-order valence-electron chi connectivity index (χ2n) is 1.63. The fourth-order valence-corrected chi connectivity index (χ4v) is 0.972. The molecule has 0 unspecified atom stereocenters. The zero-order valence-corrected chi connectivity index (χ0v) is 7.30. The topological polar surface area (TPSA) is 39.2 Å². The predicted molar refractivity (Wildman–Crippen MR) is 45.6 cm³/mol. The molecular formula is C6H10ClNOS. The highest BCUT2D eigenvalue weighted by atomic mass is 35.5. The van der Waals surface area contributed by atoms with Crippen molar-refractivity contribution in [2.45, 2.75) is 11.6 Å². The van der Waals surface area contributed by atoms with Gasteiger partial charge in [0.2, 0.25) is 0 Å². The van der Waals surface area contributed by atoms with E-state index in [1.165, 1.54) is 0 Å². The highest BCUT2D eigenvalue weighted by Crippen LogP contribution is 2.16. The van der Waals surface area contributed by atoms with Gasteiger partial charge in [-0.3, -0.25) is 0 Å². The Hall–Kier alpha value is -0.120. The fraction of sp³-hybridized carbons (Fsp3) is 0.333. The van der Waals surface area contributed by atoms with Gasteiger partial charge in [0.15, 0.2) is 5.09 Å². The van der Waals surface area contributed by atoms with Crippen LogP contribution in [0.1, 0.15) is 5.76 Å². The molecule has 4 heteroatoms. The van der Waals surface area contributed by atoms with Crippen molar-refractivity contribution in [1.29, 1.82) is 0 Å². The summed E-state index contributed by atoms with van der Waals surface area (Å²) in [5.74, 6) is 0.847. The number of halogens is 1. The molecule has 0 atom stereocenters. The summed E-state index contributed by atoms with van der Waals surface area (Å²) in [5.41, 5.74) is 5.31. The van der Waals surface area contributed by atoms with Crippen LogP contribution < -0.4 is 5.73 Å². The van der Waals surface area contributed by atoms with Crippen LogP contribution in [-0.2, 0) is 6.54 Å². The minimum Gasteiger partial charge on any atom is -0.454 e. The summed E-state index contributed by atoms with van der Waals surface area (Å²) in [6.45, 7) is 0.487. The van der Waals surface area contributed by atoms with Gasteiger partial charge in [-0.2, -0.15) is 0 Å². The normalized spacial score (nSPS) is 9.00. The molecule has 2 nitrogen and oxygen atoms in total. The minimum atomic E-state index is 0. The lowest BCUT2D eigenvalue weighted by Crippen LogP contribution is -1.92. The van der Waals surface area contributed by atoms with E-state index in [1.807, 2.05) is 18.4 Å². The summed E-state index contributed by atoms with van der Waals surface area (Å²) in [4.78, 5) is 0. The van der Waals surface area contributed by atoms with Gasteiger partial charge >= 0.3 is 0 Å². The Bertz CT molecular complexity index is 171. The lowest BCUT2D eigenvalue weighted by Gasteiger charge is -1.86. The standard InChI is InChI=1S/C6H9NOS.ClH/c1-9-6-3-2-5(4-7)8-6;/h2-3H,4,7H2,1H3;1H. The summed E-state index contributed by atoms with van der Waals surface area (Å²) in [6.07, 6.45) is 1.97. The predicted octanol–water partition coefficient (Wildman–Crippen LogP) is 1.88. The third kappa shape index (κ3) is 2.25. The molecule has 10 heavy (non-hydrogen) atoms. The molecule has 0 spiro atoms. The van der Waals surface area contributed by atoms with Gasteiger partial charge < -0.3 is 10.2 Å². The van der Waals surface area contributed by atoms with E-state index in [4.69, 9.17) is 10.2 Å². The highest BCUT2D eigenvalue weighted by Gasteiger charge is 1.95. The van der Waals surface area contributed by atoms with E-state index >= 15 is 0 Å². The van der Waals surface area contributed by atoms with Crippen LogP contribution in [-0.4, -0.2) is 6.26 Å². The van der Waals surface area contributed by atoms with Gasteiger partial charge in [-0.1, -0.05) is 11.8 Å². The molecule has 0 saturated heterocycles. The third-order valence-corrected chi connectivity index (χ3v) is 1.66. The molecule has 2 N–H and O–H groups in total. The van der Waals surface area contributed by atoms with E-state index in [0.29, 0.717) is 6.54 Å². The fourth-order valence-electron chi connectivity index (χ4n) is 0.578. The molecule has 1 rings (SSSR count). The third-order valence-electron chi connectivity index (χ3n) is 1.04. The van der Waals surface area contributed by atoms with Crippen LogP contribution in [0.2, 0.25) is 0 Å². The lowest BCUT2D eigenvalue weighted by atomic mass is 10.5. The summed E-state index contributed by atoms with van der Waals surface area (Å²) in [7, 11) is 0. The number of nitrogens with two attached hydrogens (primary N) is 1. The van der Waals surface area contributed by atoms with Gasteiger partial charge in [0.25, 0.3) is 0 Å². The van der Waals surface area contributed by atoms with Crippen molar-refractivity contribution in [3.63, 3.8) is 0 Å². The van der Waals surface area contributed by atoms with Crippen LogP contribution in [0.4, 0.5) is 0 Å². The zero-order valence-electron chi connectivity index (χ0n) is 5.66. The largest absolute Gasteiger partial charge is 0.454 e. The minimum absolute atomic E-state index is 0. The first-order valence-electron chi connectivity index (χ1n) is 2.69. The van der Waals surface area contributed by atoms with E-state index in [-0.39, 0.29) is 12.4 Å². The molecule has 0 aromatic carbocycles.